The molecule has 0 unspecified atom stereocenters. The van der Waals surface area contributed by atoms with Crippen molar-refractivity contribution < 1.29 is 8.42 Å². The lowest BCUT2D eigenvalue weighted by Gasteiger charge is -2.19. The average Bonchev–Trinajstić information content (AvgIpc) is 2.96. The largest absolute Gasteiger partial charge is 0.339 e. The Morgan fingerprint density at radius 3 is 2.65 bits per heavy atom. The number of nitrogens with two attached hydrogens (primary N) is 1. The van der Waals surface area contributed by atoms with Gasteiger partial charge in [-0.05, 0) is 12.0 Å². The van der Waals surface area contributed by atoms with Gasteiger partial charge in [-0.3, -0.25) is 9.78 Å². The molecular weight excluding hydrogens is 320 g/mol. The quantitative estimate of drug-likeness (QED) is 0.598. The van der Waals surface area contributed by atoms with Crippen molar-refractivity contribution in [2.45, 2.75) is 6.42 Å². The van der Waals surface area contributed by atoms with Crippen molar-refractivity contribution in [3.05, 3.63) is 52.6 Å². The Labute approximate surface area is 131 Å². The van der Waals surface area contributed by atoms with Crippen LogP contribution in [0, 0.1) is 0 Å². The number of nitrogens with one attached hydrogen (secondary N) is 2. The molecule has 0 aliphatic carbocycles. The summed E-state index contributed by atoms with van der Waals surface area (Å²) in [6.45, 7) is 0.0434. The molecule has 0 bridgehead atoms. The van der Waals surface area contributed by atoms with Crippen LogP contribution in [0.25, 0.3) is 11.2 Å². The van der Waals surface area contributed by atoms with Gasteiger partial charge in [-0.1, -0.05) is 30.3 Å². The Hall–Kier alpha value is -2.72. The zero-order valence-corrected chi connectivity index (χ0v) is 12.7. The normalized spacial score (nSPS) is 11.7. The van der Waals surface area contributed by atoms with E-state index in [9.17, 15) is 13.2 Å². The van der Waals surface area contributed by atoms with E-state index in [2.05, 4.69) is 19.9 Å². The number of benzene rings is 1. The first kappa shape index (κ1) is 15.2. The van der Waals surface area contributed by atoms with E-state index in [1.54, 1.807) is 0 Å². The maximum atomic E-state index is 11.9. The highest BCUT2D eigenvalue weighted by Crippen LogP contribution is 2.12. The summed E-state index contributed by atoms with van der Waals surface area (Å²) in [7, 11) is -4.09. The molecule has 23 heavy (non-hydrogen) atoms. The average molecular weight is 334 g/mol. The van der Waals surface area contributed by atoms with Gasteiger partial charge in [0.15, 0.2) is 11.2 Å². The lowest BCUT2D eigenvalue weighted by atomic mass is 10.1. The number of nitrogens with zero attached hydrogens (tertiary/aromatic N) is 3. The van der Waals surface area contributed by atoms with Crippen LogP contribution in [0.3, 0.4) is 0 Å². The molecule has 3 aromatic rings. The monoisotopic (exact) mass is 334 g/mol. The molecule has 0 fully saturated rings. The van der Waals surface area contributed by atoms with Gasteiger partial charge < -0.3 is 4.98 Å². The lowest BCUT2D eigenvalue weighted by molar-refractivity contribution is 0.591. The number of fused-ring (bicyclic) bond motifs is 1. The van der Waals surface area contributed by atoms with Crippen LogP contribution in [0.2, 0.25) is 0 Å². The third kappa shape index (κ3) is 3.22. The Bertz CT molecular complexity index is 980. The summed E-state index contributed by atoms with van der Waals surface area (Å²) < 4.78 is 24.6. The zero-order valence-electron chi connectivity index (χ0n) is 11.9. The second kappa shape index (κ2) is 5.82. The molecule has 3 rings (SSSR count). The highest BCUT2D eigenvalue weighted by molar-refractivity contribution is 7.90. The first-order valence-corrected chi connectivity index (χ1v) is 8.23. The SMILES string of the molecule is NS(=O)(=O)N(CCc1ccccc1)c1nc2nc[nH]c2c(=O)[nH]1. The van der Waals surface area contributed by atoms with E-state index in [1.807, 2.05) is 30.3 Å². The van der Waals surface area contributed by atoms with Crippen molar-refractivity contribution in [1.82, 2.24) is 19.9 Å². The van der Waals surface area contributed by atoms with E-state index in [1.165, 1.54) is 6.33 Å². The van der Waals surface area contributed by atoms with Crippen LogP contribution in [0.4, 0.5) is 5.95 Å². The fourth-order valence-electron chi connectivity index (χ4n) is 2.18. The smallest absolute Gasteiger partial charge is 0.301 e. The Morgan fingerprint density at radius 2 is 1.96 bits per heavy atom. The molecule has 2 heterocycles. The van der Waals surface area contributed by atoms with Gasteiger partial charge in [0.05, 0.1) is 6.33 Å². The molecule has 9 nitrogen and oxygen atoms in total. The predicted octanol–water partition coefficient (Wildman–Crippen LogP) is -0.101. The van der Waals surface area contributed by atoms with Gasteiger partial charge in [-0.2, -0.15) is 13.4 Å². The van der Waals surface area contributed by atoms with Gasteiger partial charge in [-0.15, -0.1) is 0 Å². The van der Waals surface area contributed by atoms with Crippen molar-refractivity contribution in [2.24, 2.45) is 5.14 Å². The number of imidazole rings is 1. The lowest BCUT2D eigenvalue weighted by Crippen LogP contribution is -2.40. The van der Waals surface area contributed by atoms with Crippen LogP contribution in [-0.2, 0) is 16.6 Å². The second-order valence-electron chi connectivity index (χ2n) is 4.84. The van der Waals surface area contributed by atoms with Crippen LogP contribution in [0.1, 0.15) is 5.56 Å². The minimum Gasteiger partial charge on any atom is -0.339 e. The van der Waals surface area contributed by atoms with Gasteiger partial charge in [0.25, 0.3) is 5.56 Å². The third-order valence-electron chi connectivity index (χ3n) is 3.27. The van der Waals surface area contributed by atoms with Crippen LogP contribution in [-0.4, -0.2) is 34.9 Å². The standard InChI is InChI=1S/C13H14N6O3S/c14-23(21,22)19(7-6-9-4-2-1-3-5-9)13-17-11-10(12(20)18-13)15-8-16-11/h1-5,8H,6-7H2,(H2,14,21,22)(H2,15,16,17,18,20). The van der Waals surface area contributed by atoms with Crippen LogP contribution >= 0.6 is 0 Å². The van der Waals surface area contributed by atoms with E-state index in [-0.39, 0.29) is 23.7 Å². The number of aromatic nitrogens is 4. The molecule has 2 aromatic heterocycles. The van der Waals surface area contributed by atoms with E-state index < -0.39 is 15.8 Å². The molecule has 0 spiro atoms. The molecule has 0 aliphatic rings. The zero-order chi connectivity index (χ0) is 16.4. The molecule has 0 saturated heterocycles. The van der Waals surface area contributed by atoms with Crippen molar-refractivity contribution in [1.29, 1.82) is 0 Å². The molecule has 0 radical (unpaired) electrons. The highest BCUT2D eigenvalue weighted by Gasteiger charge is 2.21. The minimum absolute atomic E-state index is 0.0434. The van der Waals surface area contributed by atoms with E-state index in [0.717, 1.165) is 9.87 Å². The van der Waals surface area contributed by atoms with Crippen molar-refractivity contribution in [2.75, 3.05) is 10.8 Å². The summed E-state index contributed by atoms with van der Waals surface area (Å²) in [5.74, 6) is -0.159. The van der Waals surface area contributed by atoms with Gasteiger partial charge >= 0.3 is 10.2 Å². The number of hydrogen-bond donors (Lipinski definition) is 3. The van der Waals surface area contributed by atoms with Crippen LogP contribution < -0.4 is 15.0 Å². The fraction of sp³-hybridized carbons (Fsp3) is 0.154. The van der Waals surface area contributed by atoms with Crippen molar-refractivity contribution in [3.63, 3.8) is 0 Å². The van der Waals surface area contributed by atoms with E-state index >= 15 is 0 Å². The molecule has 0 amide bonds. The number of H-pyrrole nitrogens is 2. The second-order valence-corrected chi connectivity index (χ2v) is 6.31. The van der Waals surface area contributed by atoms with Crippen molar-refractivity contribution >= 4 is 27.3 Å². The molecule has 1 aromatic carbocycles. The summed E-state index contributed by atoms with van der Waals surface area (Å²) in [5, 5.41) is 5.25. The number of hydrogen-bond acceptors (Lipinski definition) is 5. The first-order chi connectivity index (χ1) is 10.9. The van der Waals surface area contributed by atoms with Crippen LogP contribution in [0.15, 0.2) is 41.5 Å². The van der Waals surface area contributed by atoms with E-state index in [4.69, 9.17) is 5.14 Å². The molecule has 0 aliphatic heterocycles. The Balaban J connectivity index is 1.96. The number of anilines is 1. The summed E-state index contributed by atoms with van der Waals surface area (Å²) in [4.78, 5) is 24.9. The Morgan fingerprint density at radius 1 is 1.22 bits per heavy atom. The molecule has 120 valence electrons. The minimum atomic E-state index is -4.09. The first-order valence-electron chi connectivity index (χ1n) is 6.73. The Kier molecular flexibility index (Phi) is 3.84. The maximum Gasteiger partial charge on any atom is 0.301 e. The number of aromatic amines is 2. The van der Waals surface area contributed by atoms with Crippen LogP contribution in [0.5, 0.6) is 0 Å². The molecule has 0 atom stereocenters. The maximum absolute atomic E-state index is 11.9. The molecule has 0 saturated carbocycles. The topological polar surface area (TPSA) is 138 Å². The summed E-state index contributed by atoms with van der Waals surface area (Å²) in [5.41, 5.74) is 0.712. The van der Waals surface area contributed by atoms with Gasteiger partial charge in [-0.25, -0.2) is 14.4 Å². The van der Waals surface area contributed by atoms with Gasteiger partial charge in [0, 0.05) is 6.54 Å². The van der Waals surface area contributed by atoms with Gasteiger partial charge in [0.2, 0.25) is 5.95 Å². The molecule has 10 heteroatoms. The predicted molar refractivity (Wildman–Crippen MR) is 85.1 cm³/mol. The summed E-state index contributed by atoms with van der Waals surface area (Å²) in [6.07, 6.45) is 1.72. The summed E-state index contributed by atoms with van der Waals surface area (Å²) in [6, 6.07) is 9.31. The summed E-state index contributed by atoms with van der Waals surface area (Å²) >= 11 is 0. The highest BCUT2D eigenvalue weighted by atomic mass is 32.2. The third-order valence-corrected chi connectivity index (χ3v) is 4.24. The van der Waals surface area contributed by atoms with Gasteiger partial charge in [0.1, 0.15) is 0 Å². The van der Waals surface area contributed by atoms with E-state index in [0.29, 0.717) is 6.42 Å². The molecule has 4 N–H and O–H groups in total. The van der Waals surface area contributed by atoms with Crippen molar-refractivity contribution in [3.8, 4) is 0 Å². The number of rotatable bonds is 5. The molecular formula is C13H14N6O3S. The fourth-order valence-corrected chi connectivity index (χ4v) is 2.85.